The van der Waals surface area contributed by atoms with Gasteiger partial charge in [-0.15, -0.1) is 0 Å². The lowest BCUT2D eigenvalue weighted by molar-refractivity contribution is 0.300. The first-order valence-corrected chi connectivity index (χ1v) is 8.39. The van der Waals surface area contributed by atoms with Crippen molar-refractivity contribution in [3.05, 3.63) is 74.6 Å². The average Bonchev–Trinajstić information content (AvgIpc) is 2.57. The highest BCUT2D eigenvalue weighted by Gasteiger charge is 2.11. The molecule has 0 radical (unpaired) electrons. The Kier molecular flexibility index (Phi) is 5.03. The molecule has 0 atom stereocenters. The largest absolute Gasteiger partial charge is 0.494 e. The van der Waals surface area contributed by atoms with Gasteiger partial charge in [0.2, 0.25) is 0 Å². The number of hydrogen-bond acceptors (Lipinski definition) is 4. The smallest absolute Gasteiger partial charge is 0.422 e. The number of fused-ring (bicyclic) bond motifs is 1. The highest BCUT2D eigenvalue weighted by molar-refractivity contribution is 5.80. The van der Waals surface area contributed by atoms with Crippen LogP contribution in [0.3, 0.4) is 0 Å². The summed E-state index contributed by atoms with van der Waals surface area (Å²) in [6.45, 7) is 4.97. The van der Waals surface area contributed by atoms with Gasteiger partial charge in [-0.25, -0.2) is 9.59 Å². The molecule has 0 N–H and O–H groups in total. The standard InChI is InChI=1S/C20H21NO4/c1-14-7-5-9-16(13-14)24-12-4-3-11-21-18-15(2)8-6-10-17(18)19(22)25-20(21)23/h5-10,13H,3-4,11-12H2,1-2H3. The molecule has 5 heteroatoms. The van der Waals surface area contributed by atoms with E-state index in [2.05, 4.69) is 0 Å². The van der Waals surface area contributed by atoms with Crippen LogP contribution in [-0.2, 0) is 6.54 Å². The minimum Gasteiger partial charge on any atom is -0.494 e. The highest BCUT2D eigenvalue weighted by Crippen LogP contribution is 2.15. The van der Waals surface area contributed by atoms with E-state index in [1.165, 1.54) is 0 Å². The van der Waals surface area contributed by atoms with Crippen molar-refractivity contribution in [2.24, 2.45) is 0 Å². The van der Waals surface area contributed by atoms with Crippen molar-refractivity contribution >= 4 is 10.9 Å². The molecule has 1 aromatic heterocycles. The summed E-state index contributed by atoms with van der Waals surface area (Å²) in [4.78, 5) is 24.0. The first-order chi connectivity index (χ1) is 12.1. The molecular formula is C20H21NO4. The van der Waals surface area contributed by atoms with Crippen molar-refractivity contribution in [2.45, 2.75) is 33.2 Å². The van der Waals surface area contributed by atoms with Crippen LogP contribution in [0.15, 0.2) is 56.5 Å². The van der Waals surface area contributed by atoms with Crippen molar-refractivity contribution in [2.75, 3.05) is 6.61 Å². The Morgan fingerprint density at radius 1 is 1.04 bits per heavy atom. The Morgan fingerprint density at radius 2 is 1.84 bits per heavy atom. The monoisotopic (exact) mass is 339 g/mol. The van der Waals surface area contributed by atoms with Gasteiger partial charge < -0.3 is 9.15 Å². The zero-order valence-corrected chi connectivity index (χ0v) is 14.5. The van der Waals surface area contributed by atoms with E-state index in [1.54, 1.807) is 16.7 Å². The van der Waals surface area contributed by atoms with E-state index in [0.717, 1.165) is 29.7 Å². The molecule has 0 unspecified atom stereocenters. The third-order valence-corrected chi connectivity index (χ3v) is 4.16. The van der Waals surface area contributed by atoms with Crippen molar-refractivity contribution in [1.29, 1.82) is 0 Å². The Bertz CT molecular complexity index is 1000. The molecule has 0 fully saturated rings. The first kappa shape index (κ1) is 17.0. The van der Waals surface area contributed by atoms with Gasteiger partial charge in [-0.05, 0) is 56.0 Å². The number of rotatable bonds is 6. The lowest BCUT2D eigenvalue weighted by Crippen LogP contribution is -2.25. The molecule has 25 heavy (non-hydrogen) atoms. The summed E-state index contributed by atoms with van der Waals surface area (Å²) >= 11 is 0. The first-order valence-electron chi connectivity index (χ1n) is 8.39. The molecule has 0 saturated carbocycles. The summed E-state index contributed by atoms with van der Waals surface area (Å²) in [5.41, 5.74) is 2.12. The van der Waals surface area contributed by atoms with Crippen molar-refractivity contribution in [1.82, 2.24) is 4.57 Å². The Morgan fingerprint density at radius 3 is 2.64 bits per heavy atom. The van der Waals surface area contributed by atoms with Crippen molar-refractivity contribution in [3.63, 3.8) is 0 Å². The van der Waals surface area contributed by atoms with Crippen LogP contribution in [0.1, 0.15) is 24.0 Å². The number of aromatic nitrogens is 1. The summed E-state index contributed by atoms with van der Waals surface area (Å²) in [5, 5.41) is 0.440. The van der Waals surface area contributed by atoms with Gasteiger partial charge in [0.05, 0.1) is 17.5 Å². The average molecular weight is 339 g/mol. The fourth-order valence-corrected chi connectivity index (χ4v) is 2.93. The lowest BCUT2D eigenvalue weighted by Gasteiger charge is -2.11. The van der Waals surface area contributed by atoms with E-state index in [9.17, 15) is 9.59 Å². The fourth-order valence-electron chi connectivity index (χ4n) is 2.93. The molecule has 1 heterocycles. The maximum atomic E-state index is 12.1. The Balaban J connectivity index is 1.68. The van der Waals surface area contributed by atoms with E-state index < -0.39 is 11.4 Å². The topological polar surface area (TPSA) is 61.4 Å². The van der Waals surface area contributed by atoms with Gasteiger partial charge in [-0.3, -0.25) is 4.57 Å². The summed E-state index contributed by atoms with van der Waals surface area (Å²) in [5.74, 6) is 0.246. The van der Waals surface area contributed by atoms with E-state index >= 15 is 0 Å². The Hall–Kier alpha value is -2.82. The van der Waals surface area contributed by atoms with Crippen LogP contribution in [-0.4, -0.2) is 11.2 Å². The molecule has 5 nitrogen and oxygen atoms in total. The third-order valence-electron chi connectivity index (χ3n) is 4.16. The SMILES string of the molecule is Cc1cccc(OCCCCn2c(=O)oc(=O)c3cccc(C)c32)c1. The van der Waals surface area contributed by atoms with Gasteiger partial charge in [-0.1, -0.05) is 24.3 Å². The van der Waals surface area contributed by atoms with Crippen LogP contribution in [0.5, 0.6) is 5.75 Å². The molecule has 3 rings (SSSR count). The van der Waals surface area contributed by atoms with Gasteiger partial charge in [-0.2, -0.15) is 0 Å². The molecule has 130 valence electrons. The van der Waals surface area contributed by atoms with Crippen LogP contribution >= 0.6 is 0 Å². The molecule has 3 aromatic rings. The number of unbranched alkanes of at least 4 members (excludes halogenated alkanes) is 1. The lowest BCUT2D eigenvalue weighted by atomic mass is 10.1. The summed E-state index contributed by atoms with van der Waals surface area (Å²) in [6, 6.07) is 13.3. The second-order valence-corrected chi connectivity index (χ2v) is 6.15. The van der Waals surface area contributed by atoms with Gasteiger partial charge in [0, 0.05) is 6.54 Å². The van der Waals surface area contributed by atoms with Crippen molar-refractivity contribution in [3.8, 4) is 5.75 Å². The van der Waals surface area contributed by atoms with E-state index in [4.69, 9.17) is 9.15 Å². The van der Waals surface area contributed by atoms with Gasteiger partial charge in [0.1, 0.15) is 5.75 Å². The van der Waals surface area contributed by atoms with Crippen LogP contribution < -0.4 is 16.1 Å². The maximum Gasteiger partial charge on any atom is 0.422 e. The molecule has 2 aromatic carbocycles. The third kappa shape index (κ3) is 3.82. The minimum absolute atomic E-state index is 0.440. The molecule has 0 aliphatic rings. The van der Waals surface area contributed by atoms with E-state index in [1.807, 2.05) is 44.2 Å². The summed E-state index contributed by atoms with van der Waals surface area (Å²) in [6.07, 6.45) is 1.55. The fraction of sp³-hybridized carbons (Fsp3) is 0.300. The number of ether oxygens (including phenoxy) is 1. The molecule has 0 saturated heterocycles. The zero-order valence-electron chi connectivity index (χ0n) is 14.5. The van der Waals surface area contributed by atoms with Gasteiger partial charge >= 0.3 is 11.4 Å². The molecule has 0 aliphatic heterocycles. The highest BCUT2D eigenvalue weighted by atomic mass is 16.5. The van der Waals surface area contributed by atoms with Crippen LogP contribution in [0.25, 0.3) is 10.9 Å². The number of nitrogens with zero attached hydrogens (tertiary/aromatic N) is 1. The minimum atomic E-state index is -0.605. The Labute approximate surface area is 145 Å². The van der Waals surface area contributed by atoms with Crippen LogP contribution in [0.4, 0.5) is 0 Å². The number of hydrogen-bond donors (Lipinski definition) is 0. The quantitative estimate of drug-likeness (QED) is 0.646. The predicted octanol–water partition coefficient (Wildman–Crippen LogP) is 3.43. The zero-order chi connectivity index (χ0) is 17.8. The molecule has 0 spiro atoms. The van der Waals surface area contributed by atoms with Gasteiger partial charge in [0.25, 0.3) is 0 Å². The van der Waals surface area contributed by atoms with Crippen LogP contribution in [0.2, 0.25) is 0 Å². The number of aryl methyl sites for hydroxylation is 3. The maximum absolute atomic E-state index is 12.1. The molecule has 0 bridgehead atoms. The van der Waals surface area contributed by atoms with Crippen molar-refractivity contribution < 1.29 is 9.15 Å². The normalized spacial score (nSPS) is 11.0. The second kappa shape index (κ2) is 7.38. The van der Waals surface area contributed by atoms with E-state index in [0.29, 0.717) is 24.1 Å². The van der Waals surface area contributed by atoms with Crippen LogP contribution in [0, 0.1) is 13.8 Å². The number of benzene rings is 2. The molecule has 0 amide bonds. The van der Waals surface area contributed by atoms with E-state index in [-0.39, 0.29) is 0 Å². The summed E-state index contributed by atoms with van der Waals surface area (Å²) < 4.78 is 12.1. The predicted molar refractivity (Wildman–Crippen MR) is 97.4 cm³/mol. The number of para-hydroxylation sites is 1. The van der Waals surface area contributed by atoms with Gasteiger partial charge in [0.15, 0.2) is 0 Å². The molecule has 0 aliphatic carbocycles. The molecular weight excluding hydrogens is 318 g/mol. The summed E-state index contributed by atoms with van der Waals surface area (Å²) in [7, 11) is 0. The second-order valence-electron chi connectivity index (χ2n) is 6.15.